The molecular weight excluding hydrogens is 128 g/mol. The van der Waals surface area contributed by atoms with Crippen LogP contribution in [0.2, 0.25) is 9.45 Å². The van der Waals surface area contributed by atoms with Gasteiger partial charge in [0, 0.05) is 0 Å². The van der Waals surface area contributed by atoms with Gasteiger partial charge in [-0.25, -0.2) is 0 Å². The van der Waals surface area contributed by atoms with E-state index in [1.165, 1.54) is 9.45 Å². The van der Waals surface area contributed by atoms with Gasteiger partial charge < -0.3 is 11.0 Å². The van der Waals surface area contributed by atoms with Crippen LogP contribution < -0.4 is 0 Å². The van der Waals surface area contributed by atoms with Gasteiger partial charge in [-0.15, -0.1) is 0 Å². The molecule has 0 saturated heterocycles. The van der Waals surface area contributed by atoms with Gasteiger partial charge in [-0.1, -0.05) is 0 Å². The third-order valence-corrected chi connectivity index (χ3v) is 2.06. The largest absolute Gasteiger partial charge is 0.870 e. The van der Waals surface area contributed by atoms with E-state index in [-0.39, 0.29) is 11.0 Å². The molecule has 2 nitrogen and oxygen atoms in total. The molecule has 0 bridgehead atoms. The molecule has 3 heteroatoms. The van der Waals surface area contributed by atoms with E-state index in [0.29, 0.717) is 19.2 Å². The Bertz CT molecular complexity index is 17.2. The summed E-state index contributed by atoms with van der Waals surface area (Å²) in [5.74, 6) is 0. The van der Waals surface area contributed by atoms with Crippen molar-refractivity contribution in [2.45, 2.75) is 23.3 Å². The molecule has 0 aromatic rings. The van der Waals surface area contributed by atoms with E-state index in [4.69, 9.17) is 0 Å². The standard InChI is InChI=1S/2C2H5.2H2O.Ti/c2*1-2;;;/h2*1H2,2H3;2*1H2;/q;;;;+2/p-2. The third kappa shape index (κ3) is 20.5. The Morgan fingerprint density at radius 1 is 1.00 bits per heavy atom. The zero-order valence-corrected chi connectivity index (χ0v) is 6.37. The molecule has 0 rings (SSSR count). The van der Waals surface area contributed by atoms with Crippen molar-refractivity contribution in [3.8, 4) is 0 Å². The average Bonchev–Trinajstić information content (AvgIpc) is 1.41. The van der Waals surface area contributed by atoms with Crippen molar-refractivity contribution in [1.82, 2.24) is 0 Å². The zero-order valence-electron chi connectivity index (χ0n) is 4.81. The second-order valence-electron chi connectivity index (χ2n) is 0.957. The van der Waals surface area contributed by atoms with Crippen molar-refractivity contribution < 1.29 is 30.1 Å². The Kier molecular flexibility index (Phi) is 35.6. The summed E-state index contributed by atoms with van der Waals surface area (Å²) in [5.41, 5.74) is 0. The van der Waals surface area contributed by atoms with Gasteiger partial charge in [0.05, 0.1) is 0 Å². The van der Waals surface area contributed by atoms with Crippen molar-refractivity contribution in [3.63, 3.8) is 0 Å². The van der Waals surface area contributed by atoms with Crippen molar-refractivity contribution in [3.05, 3.63) is 0 Å². The quantitative estimate of drug-likeness (QED) is 0.546. The Hall–Kier alpha value is 0.634. The smallest absolute Gasteiger partial charge is 0.870 e. The van der Waals surface area contributed by atoms with E-state index in [2.05, 4.69) is 13.8 Å². The van der Waals surface area contributed by atoms with Crippen LogP contribution in [0.3, 0.4) is 0 Å². The van der Waals surface area contributed by atoms with Gasteiger partial charge in [0.1, 0.15) is 0 Å². The monoisotopic (exact) mass is 140 g/mol. The predicted octanol–water partition coefficient (Wildman–Crippen LogP) is 1.59. The van der Waals surface area contributed by atoms with Crippen LogP contribution in [0.4, 0.5) is 0 Å². The molecule has 0 heterocycles. The first-order valence-corrected chi connectivity index (χ1v) is 4.33. The van der Waals surface area contributed by atoms with Gasteiger partial charge in [0.2, 0.25) is 0 Å². The molecule has 0 aliphatic rings. The normalized spacial score (nSPS) is 4.86. The number of rotatable bonds is 2. The summed E-state index contributed by atoms with van der Waals surface area (Å²) in [6.45, 7) is 4.53. The Morgan fingerprint density at radius 2 is 1.29 bits per heavy atom. The van der Waals surface area contributed by atoms with Crippen molar-refractivity contribution in [1.29, 1.82) is 0 Å². The fourth-order valence-electron chi connectivity index (χ4n) is 0.250. The van der Waals surface area contributed by atoms with E-state index >= 15 is 0 Å². The summed E-state index contributed by atoms with van der Waals surface area (Å²) in [7, 11) is 0. The molecule has 0 aromatic heterocycles. The first kappa shape index (κ1) is 15.6. The summed E-state index contributed by atoms with van der Waals surface area (Å²) in [6.07, 6.45) is 0. The van der Waals surface area contributed by atoms with Crippen molar-refractivity contribution >= 4 is 0 Å². The van der Waals surface area contributed by atoms with Crippen LogP contribution in [-0.4, -0.2) is 11.0 Å². The molecule has 0 aliphatic carbocycles. The van der Waals surface area contributed by atoms with E-state index in [1.54, 1.807) is 0 Å². The first-order valence-electron chi connectivity index (χ1n) is 2.12. The Balaban J connectivity index is -0.0000000800. The van der Waals surface area contributed by atoms with Crippen molar-refractivity contribution in [2.24, 2.45) is 0 Å². The van der Waals surface area contributed by atoms with Crippen molar-refractivity contribution in [2.75, 3.05) is 0 Å². The van der Waals surface area contributed by atoms with Gasteiger partial charge in [0.15, 0.2) is 0 Å². The van der Waals surface area contributed by atoms with E-state index in [1.807, 2.05) is 0 Å². The molecule has 0 fully saturated rings. The molecule has 0 aliphatic heterocycles. The number of hydrogen-bond acceptors (Lipinski definition) is 2. The van der Waals surface area contributed by atoms with Crippen LogP contribution in [0.1, 0.15) is 13.8 Å². The molecule has 0 spiro atoms. The fraction of sp³-hybridized carbons (Fsp3) is 1.00. The Labute approximate surface area is 53.8 Å². The summed E-state index contributed by atoms with van der Waals surface area (Å²) < 4.78 is 2.94. The molecule has 0 radical (unpaired) electrons. The van der Waals surface area contributed by atoms with Crippen LogP contribution in [-0.2, 0) is 19.2 Å². The summed E-state index contributed by atoms with van der Waals surface area (Å²) >= 11 is 0.528. The van der Waals surface area contributed by atoms with Crippen LogP contribution in [0, 0.1) is 0 Å². The first-order chi connectivity index (χ1) is 2.41. The minimum Gasteiger partial charge on any atom is -0.870 e. The SMILES string of the molecule is C[CH2][Ti+2][CH2]C.[OH-].[OH-]. The molecule has 0 atom stereocenters. The number of hydrogen-bond donors (Lipinski definition) is 0. The van der Waals surface area contributed by atoms with Gasteiger partial charge >= 0.3 is 42.5 Å². The maximum Gasteiger partial charge on any atom is -0.870 e. The molecule has 44 valence electrons. The third-order valence-electron chi connectivity index (χ3n) is 0.500. The van der Waals surface area contributed by atoms with E-state index < -0.39 is 0 Å². The van der Waals surface area contributed by atoms with Gasteiger partial charge in [-0.3, -0.25) is 0 Å². The molecule has 2 N–H and O–H groups in total. The van der Waals surface area contributed by atoms with Crippen LogP contribution in [0.5, 0.6) is 0 Å². The Morgan fingerprint density at radius 3 is 1.29 bits per heavy atom. The fourth-order valence-corrected chi connectivity index (χ4v) is 1.03. The van der Waals surface area contributed by atoms with Crippen LogP contribution in [0.15, 0.2) is 0 Å². The maximum atomic E-state index is 2.27. The summed E-state index contributed by atoms with van der Waals surface area (Å²) in [5, 5.41) is 0. The second-order valence-corrected chi connectivity index (χ2v) is 3.95. The molecular formula is C4H12O2Ti. The zero-order chi connectivity index (χ0) is 4.12. The predicted molar refractivity (Wildman–Crippen MR) is 24.8 cm³/mol. The summed E-state index contributed by atoms with van der Waals surface area (Å²) in [6, 6.07) is 0. The summed E-state index contributed by atoms with van der Waals surface area (Å²) in [4.78, 5) is 0. The van der Waals surface area contributed by atoms with Crippen LogP contribution >= 0.6 is 0 Å². The topological polar surface area (TPSA) is 60.0 Å². The molecule has 0 unspecified atom stereocenters. The minimum absolute atomic E-state index is 0. The molecule has 0 saturated carbocycles. The average molecular weight is 140 g/mol. The molecule has 0 aromatic carbocycles. The minimum atomic E-state index is 0. The van der Waals surface area contributed by atoms with E-state index in [9.17, 15) is 0 Å². The molecule has 7 heavy (non-hydrogen) atoms. The van der Waals surface area contributed by atoms with Gasteiger partial charge in [0.25, 0.3) is 0 Å². The second kappa shape index (κ2) is 15.9. The van der Waals surface area contributed by atoms with Gasteiger partial charge in [-0.2, -0.15) is 0 Å². The van der Waals surface area contributed by atoms with Crippen LogP contribution in [0.25, 0.3) is 0 Å². The van der Waals surface area contributed by atoms with Gasteiger partial charge in [-0.05, 0) is 0 Å². The molecule has 0 amide bonds. The maximum absolute atomic E-state index is 2.27. The van der Waals surface area contributed by atoms with E-state index in [0.717, 1.165) is 0 Å².